The van der Waals surface area contributed by atoms with E-state index in [1.54, 1.807) is 35.0 Å². The van der Waals surface area contributed by atoms with E-state index in [1.807, 2.05) is 6.92 Å². The Balaban J connectivity index is 1.89. The van der Waals surface area contributed by atoms with Crippen molar-refractivity contribution < 1.29 is 14.3 Å². The monoisotopic (exact) mass is 372 g/mol. The average molecular weight is 372 g/mol. The van der Waals surface area contributed by atoms with Gasteiger partial charge in [-0.1, -0.05) is 13.3 Å². The van der Waals surface area contributed by atoms with Crippen LogP contribution < -0.4 is 10.6 Å². The van der Waals surface area contributed by atoms with E-state index in [0.717, 1.165) is 37.3 Å². The molecule has 27 heavy (non-hydrogen) atoms. The molecule has 1 aromatic carbocycles. The zero-order valence-electron chi connectivity index (χ0n) is 16.2. The number of benzene rings is 1. The van der Waals surface area contributed by atoms with Gasteiger partial charge in [0, 0.05) is 38.3 Å². The molecule has 0 saturated heterocycles. The van der Waals surface area contributed by atoms with Gasteiger partial charge in [-0.2, -0.15) is 5.10 Å². The molecular formula is C20H28N4O3. The Kier molecular flexibility index (Phi) is 8.00. The number of rotatable bonds is 10. The maximum absolute atomic E-state index is 12.2. The summed E-state index contributed by atoms with van der Waals surface area (Å²) in [6.07, 6.45) is 2.98. The van der Waals surface area contributed by atoms with Crippen LogP contribution in [0.15, 0.2) is 30.3 Å². The maximum atomic E-state index is 12.2. The summed E-state index contributed by atoms with van der Waals surface area (Å²) in [5, 5.41) is 10.0. The summed E-state index contributed by atoms with van der Waals surface area (Å²) in [5.74, 6) is 0.319. The minimum atomic E-state index is -0.161. The van der Waals surface area contributed by atoms with Crippen molar-refractivity contribution in [2.24, 2.45) is 0 Å². The van der Waals surface area contributed by atoms with Gasteiger partial charge in [-0.3, -0.25) is 9.59 Å². The summed E-state index contributed by atoms with van der Waals surface area (Å²) in [6.45, 7) is 7.45. The molecule has 0 bridgehead atoms. The van der Waals surface area contributed by atoms with Gasteiger partial charge in [-0.25, -0.2) is 4.68 Å². The van der Waals surface area contributed by atoms with Crippen molar-refractivity contribution in [3.8, 4) is 5.69 Å². The molecule has 0 saturated carbocycles. The Morgan fingerprint density at radius 1 is 1.15 bits per heavy atom. The normalized spacial score (nSPS) is 10.6. The SMILES string of the molecule is CCCCOCCCNC(=O)c1ccc(-n2nc(C)cc2NC(C)=O)cc1. The number of aryl methyl sites for hydroxylation is 1. The van der Waals surface area contributed by atoms with Crippen molar-refractivity contribution in [3.63, 3.8) is 0 Å². The number of aromatic nitrogens is 2. The molecule has 0 aliphatic heterocycles. The van der Waals surface area contributed by atoms with Crippen LogP contribution in [-0.4, -0.2) is 41.4 Å². The van der Waals surface area contributed by atoms with Gasteiger partial charge in [-0.05, 0) is 44.0 Å². The molecule has 0 aliphatic rings. The molecule has 1 aromatic heterocycles. The Morgan fingerprint density at radius 2 is 1.85 bits per heavy atom. The summed E-state index contributed by atoms with van der Waals surface area (Å²) in [6, 6.07) is 8.90. The number of carbonyl (C=O) groups excluding carboxylic acids is 2. The molecule has 7 heteroatoms. The Morgan fingerprint density at radius 3 is 2.52 bits per heavy atom. The first-order valence-corrected chi connectivity index (χ1v) is 9.32. The van der Waals surface area contributed by atoms with Crippen LogP contribution in [0.5, 0.6) is 0 Å². The van der Waals surface area contributed by atoms with Gasteiger partial charge < -0.3 is 15.4 Å². The molecule has 0 radical (unpaired) electrons. The van der Waals surface area contributed by atoms with Crippen molar-refractivity contribution >= 4 is 17.6 Å². The number of carbonyl (C=O) groups is 2. The zero-order valence-corrected chi connectivity index (χ0v) is 16.2. The third-order valence-corrected chi connectivity index (χ3v) is 3.90. The number of amides is 2. The first-order chi connectivity index (χ1) is 13.0. The van der Waals surface area contributed by atoms with Crippen LogP contribution in [0, 0.1) is 6.92 Å². The molecule has 0 spiro atoms. The highest BCUT2D eigenvalue weighted by molar-refractivity contribution is 5.94. The van der Waals surface area contributed by atoms with E-state index in [1.165, 1.54) is 6.92 Å². The van der Waals surface area contributed by atoms with Crippen LogP contribution in [0.4, 0.5) is 5.82 Å². The van der Waals surface area contributed by atoms with Crippen molar-refractivity contribution in [2.45, 2.75) is 40.0 Å². The molecule has 2 rings (SSSR count). The molecule has 0 unspecified atom stereocenters. The third-order valence-electron chi connectivity index (χ3n) is 3.90. The smallest absolute Gasteiger partial charge is 0.251 e. The number of nitrogens with zero attached hydrogens (tertiary/aromatic N) is 2. The number of hydrogen-bond donors (Lipinski definition) is 2. The fourth-order valence-corrected chi connectivity index (χ4v) is 2.55. The van der Waals surface area contributed by atoms with E-state index in [4.69, 9.17) is 4.74 Å². The summed E-state index contributed by atoms with van der Waals surface area (Å²) < 4.78 is 7.12. The number of nitrogens with one attached hydrogen (secondary N) is 2. The highest BCUT2D eigenvalue weighted by atomic mass is 16.5. The van der Waals surface area contributed by atoms with Gasteiger partial charge in [0.25, 0.3) is 5.91 Å². The molecule has 2 amide bonds. The van der Waals surface area contributed by atoms with Gasteiger partial charge in [-0.15, -0.1) is 0 Å². The number of anilines is 1. The highest BCUT2D eigenvalue weighted by Crippen LogP contribution is 2.17. The van der Waals surface area contributed by atoms with Crippen molar-refractivity contribution in [2.75, 3.05) is 25.1 Å². The lowest BCUT2D eigenvalue weighted by atomic mass is 10.2. The molecule has 2 aromatic rings. The van der Waals surface area contributed by atoms with Crippen molar-refractivity contribution in [1.82, 2.24) is 15.1 Å². The molecule has 0 aliphatic carbocycles. The Bertz CT molecular complexity index is 753. The highest BCUT2D eigenvalue weighted by Gasteiger charge is 2.10. The minimum absolute atomic E-state index is 0.117. The van der Waals surface area contributed by atoms with E-state index >= 15 is 0 Å². The van der Waals surface area contributed by atoms with Gasteiger partial charge >= 0.3 is 0 Å². The van der Waals surface area contributed by atoms with E-state index < -0.39 is 0 Å². The second-order valence-corrected chi connectivity index (χ2v) is 6.39. The standard InChI is InChI=1S/C20H28N4O3/c1-4-5-12-27-13-6-11-21-20(26)17-7-9-18(10-8-17)24-19(22-16(3)25)14-15(2)23-24/h7-10,14H,4-6,11-13H2,1-3H3,(H,21,26)(H,22,25). The lowest BCUT2D eigenvalue weighted by Crippen LogP contribution is -2.25. The lowest BCUT2D eigenvalue weighted by Gasteiger charge is -2.09. The topological polar surface area (TPSA) is 85.2 Å². The number of hydrogen-bond acceptors (Lipinski definition) is 4. The number of ether oxygens (including phenoxy) is 1. The maximum Gasteiger partial charge on any atom is 0.251 e. The van der Waals surface area contributed by atoms with Gasteiger partial charge in [0.2, 0.25) is 5.91 Å². The van der Waals surface area contributed by atoms with Gasteiger partial charge in [0.1, 0.15) is 5.82 Å². The summed E-state index contributed by atoms with van der Waals surface area (Å²) >= 11 is 0. The third kappa shape index (κ3) is 6.53. The van der Waals surface area contributed by atoms with Crippen LogP contribution in [0.1, 0.15) is 49.2 Å². The fraction of sp³-hybridized carbons (Fsp3) is 0.450. The van der Waals surface area contributed by atoms with Crippen molar-refractivity contribution in [1.29, 1.82) is 0 Å². The summed E-state index contributed by atoms with van der Waals surface area (Å²) in [5.41, 5.74) is 2.14. The summed E-state index contributed by atoms with van der Waals surface area (Å²) in [4.78, 5) is 23.5. The van der Waals surface area contributed by atoms with Crippen molar-refractivity contribution in [3.05, 3.63) is 41.6 Å². The number of unbranched alkanes of at least 4 members (excludes halogenated alkanes) is 1. The first kappa shape index (κ1) is 20.6. The van der Waals surface area contributed by atoms with E-state index in [9.17, 15) is 9.59 Å². The van der Waals surface area contributed by atoms with Crippen LogP contribution in [0.25, 0.3) is 5.69 Å². The lowest BCUT2D eigenvalue weighted by molar-refractivity contribution is -0.114. The molecule has 146 valence electrons. The first-order valence-electron chi connectivity index (χ1n) is 9.32. The second kappa shape index (κ2) is 10.5. The average Bonchev–Trinajstić information content (AvgIpc) is 3.00. The van der Waals surface area contributed by atoms with Crippen LogP contribution in [-0.2, 0) is 9.53 Å². The Labute approximate surface area is 160 Å². The molecule has 0 fully saturated rings. The van der Waals surface area contributed by atoms with Crippen LogP contribution in [0.3, 0.4) is 0 Å². The largest absolute Gasteiger partial charge is 0.381 e. The van der Waals surface area contributed by atoms with E-state index in [-0.39, 0.29) is 11.8 Å². The molecule has 2 N–H and O–H groups in total. The molecule has 1 heterocycles. The molecule has 0 atom stereocenters. The zero-order chi connectivity index (χ0) is 19.6. The van der Waals surface area contributed by atoms with E-state index in [2.05, 4.69) is 22.7 Å². The molecular weight excluding hydrogens is 344 g/mol. The fourth-order valence-electron chi connectivity index (χ4n) is 2.55. The van der Waals surface area contributed by atoms with Gasteiger partial charge in [0.15, 0.2) is 0 Å². The second-order valence-electron chi connectivity index (χ2n) is 6.39. The minimum Gasteiger partial charge on any atom is -0.381 e. The summed E-state index contributed by atoms with van der Waals surface area (Å²) in [7, 11) is 0. The predicted molar refractivity (Wildman–Crippen MR) is 105 cm³/mol. The van der Waals surface area contributed by atoms with Gasteiger partial charge in [0.05, 0.1) is 11.4 Å². The van der Waals surface area contributed by atoms with Crippen LogP contribution >= 0.6 is 0 Å². The Hall–Kier alpha value is -2.67. The van der Waals surface area contributed by atoms with E-state index in [0.29, 0.717) is 24.5 Å². The van der Waals surface area contributed by atoms with Crippen LogP contribution in [0.2, 0.25) is 0 Å². The quantitative estimate of drug-likeness (QED) is 0.628. The molecule has 7 nitrogen and oxygen atoms in total. The predicted octanol–water partition coefficient (Wildman–Crippen LogP) is 3.08.